The minimum atomic E-state index is -0.507. The van der Waals surface area contributed by atoms with Crippen LogP contribution in [0.3, 0.4) is 0 Å². The summed E-state index contributed by atoms with van der Waals surface area (Å²) in [6, 6.07) is 6.26. The molecule has 0 saturated heterocycles. The van der Waals surface area contributed by atoms with Gasteiger partial charge in [0.2, 0.25) is 5.88 Å². The van der Waals surface area contributed by atoms with E-state index in [2.05, 4.69) is 9.72 Å². The van der Waals surface area contributed by atoms with Crippen LogP contribution in [0.1, 0.15) is 0 Å². The molecule has 1 N–H and O–H groups in total. The molecule has 1 aromatic carbocycles. The van der Waals surface area contributed by atoms with Crippen LogP contribution in [0.15, 0.2) is 24.3 Å². The average Bonchev–Trinajstić information content (AvgIpc) is 2.40. The zero-order valence-electron chi connectivity index (χ0n) is 9.51. The third-order valence-corrected chi connectivity index (χ3v) is 2.65. The summed E-state index contributed by atoms with van der Waals surface area (Å²) in [6.45, 7) is -0.240. The number of pyridine rings is 1. The van der Waals surface area contributed by atoms with E-state index in [4.69, 9.17) is 16.3 Å². The number of hydrogen-bond donors (Lipinski definition) is 1. The summed E-state index contributed by atoms with van der Waals surface area (Å²) in [5, 5.41) is 10.8. The Morgan fingerprint density at radius 1 is 1.39 bits per heavy atom. The van der Waals surface area contributed by atoms with E-state index in [1.807, 2.05) is 0 Å². The molecule has 0 aliphatic heterocycles. The number of carbonyl (C=O) groups excluding carboxylic acids is 1. The molecular formula is C12H10ClNO4. The van der Waals surface area contributed by atoms with E-state index in [0.717, 1.165) is 0 Å². The largest absolute Gasteiger partial charge is 0.506 e. The van der Waals surface area contributed by atoms with Crippen LogP contribution >= 0.6 is 11.6 Å². The Labute approximate surface area is 108 Å². The number of benzene rings is 1. The molecule has 0 aliphatic rings. The lowest BCUT2D eigenvalue weighted by molar-refractivity contribution is -0.143. The van der Waals surface area contributed by atoms with E-state index in [9.17, 15) is 9.90 Å². The molecule has 2 aromatic rings. The van der Waals surface area contributed by atoms with E-state index in [1.165, 1.54) is 13.2 Å². The van der Waals surface area contributed by atoms with Gasteiger partial charge in [0.05, 0.1) is 12.1 Å². The third kappa shape index (κ3) is 2.46. The number of aromatic nitrogens is 1. The molecule has 0 bridgehead atoms. The SMILES string of the molecule is COC(=O)COc1ccc2c(Cl)ccc(O)c2n1. The number of hydrogen-bond acceptors (Lipinski definition) is 5. The molecule has 94 valence electrons. The molecule has 6 heteroatoms. The lowest BCUT2D eigenvalue weighted by Gasteiger charge is -2.06. The quantitative estimate of drug-likeness (QED) is 0.863. The first-order chi connectivity index (χ1) is 8.61. The number of fused-ring (bicyclic) bond motifs is 1. The van der Waals surface area contributed by atoms with Gasteiger partial charge in [-0.25, -0.2) is 9.78 Å². The second-order valence-electron chi connectivity index (χ2n) is 3.48. The van der Waals surface area contributed by atoms with Crippen LogP contribution < -0.4 is 4.74 Å². The Morgan fingerprint density at radius 3 is 2.89 bits per heavy atom. The summed E-state index contributed by atoms with van der Waals surface area (Å²) in [5.41, 5.74) is 0.324. The molecule has 0 atom stereocenters. The predicted molar refractivity (Wildman–Crippen MR) is 65.9 cm³/mol. The zero-order chi connectivity index (χ0) is 13.1. The number of esters is 1. The summed E-state index contributed by atoms with van der Waals surface area (Å²) in [6.07, 6.45) is 0. The molecule has 5 nitrogen and oxygen atoms in total. The van der Waals surface area contributed by atoms with Crippen molar-refractivity contribution in [1.29, 1.82) is 0 Å². The fourth-order valence-electron chi connectivity index (χ4n) is 1.42. The zero-order valence-corrected chi connectivity index (χ0v) is 10.3. The van der Waals surface area contributed by atoms with Crippen molar-refractivity contribution < 1.29 is 19.4 Å². The molecule has 0 radical (unpaired) electrons. The number of nitrogens with zero attached hydrogens (tertiary/aromatic N) is 1. The molecule has 0 spiro atoms. The van der Waals surface area contributed by atoms with Crippen molar-refractivity contribution in [3.8, 4) is 11.6 Å². The number of halogens is 1. The van der Waals surface area contributed by atoms with Crippen molar-refractivity contribution in [1.82, 2.24) is 4.98 Å². The molecule has 0 aliphatic carbocycles. The first-order valence-corrected chi connectivity index (χ1v) is 5.47. The maximum atomic E-state index is 10.9. The highest BCUT2D eigenvalue weighted by Gasteiger charge is 2.08. The second-order valence-corrected chi connectivity index (χ2v) is 3.88. The molecular weight excluding hydrogens is 258 g/mol. The molecule has 18 heavy (non-hydrogen) atoms. The Balaban J connectivity index is 2.32. The van der Waals surface area contributed by atoms with Gasteiger partial charge in [-0.05, 0) is 18.2 Å². The fourth-order valence-corrected chi connectivity index (χ4v) is 1.64. The van der Waals surface area contributed by atoms with Crippen LogP contribution in [-0.4, -0.2) is 29.8 Å². The van der Waals surface area contributed by atoms with E-state index in [-0.39, 0.29) is 18.2 Å². The summed E-state index contributed by atoms with van der Waals surface area (Å²) in [4.78, 5) is 15.0. The summed E-state index contributed by atoms with van der Waals surface area (Å²) in [5.74, 6) is -0.296. The highest BCUT2D eigenvalue weighted by molar-refractivity contribution is 6.35. The minimum absolute atomic E-state index is 0.00193. The molecule has 1 aromatic heterocycles. The molecule has 0 saturated carbocycles. The highest BCUT2D eigenvalue weighted by atomic mass is 35.5. The van der Waals surface area contributed by atoms with Gasteiger partial charge in [0.25, 0.3) is 0 Å². The number of methoxy groups -OCH3 is 1. The van der Waals surface area contributed by atoms with Crippen LogP contribution in [0.25, 0.3) is 10.9 Å². The lowest BCUT2D eigenvalue weighted by atomic mass is 10.2. The molecule has 0 fully saturated rings. The Kier molecular flexibility index (Phi) is 3.53. The van der Waals surface area contributed by atoms with Gasteiger partial charge >= 0.3 is 5.97 Å². The molecule has 0 unspecified atom stereocenters. The Bertz CT molecular complexity index is 600. The van der Waals surface area contributed by atoms with Crippen LogP contribution in [0.5, 0.6) is 11.6 Å². The maximum Gasteiger partial charge on any atom is 0.343 e. The van der Waals surface area contributed by atoms with Gasteiger partial charge in [-0.2, -0.15) is 0 Å². The van der Waals surface area contributed by atoms with E-state index in [0.29, 0.717) is 15.9 Å². The summed E-state index contributed by atoms with van der Waals surface area (Å²) >= 11 is 5.97. The monoisotopic (exact) mass is 267 g/mol. The summed E-state index contributed by atoms with van der Waals surface area (Å²) in [7, 11) is 1.27. The van der Waals surface area contributed by atoms with Crippen molar-refractivity contribution in [3.63, 3.8) is 0 Å². The van der Waals surface area contributed by atoms with Crippen molar-refractivity contribution in [2.24, 2.45) is 0 Å². The van der Waals surface area contributed by atoms with E-state index >= 15 is 0 Å². The van der Waals surface area contributed by atoms with Gasteiger partial charge in [0.15, 0.2) is 6.61 Å². The van der Waals surface area contributed by atoms with E-state index < -0.39 is 5.97 Å². The Morgan fingerprint density at radius 2 is 2.17 bits per heavy atom. The van der Waals surface area contributed by atoms with E-state index in [1.54, 1.807) is 18.2 Å². The maximum absolute atomic E-state index is 10.9. The molecule has 1 heterocycles. The minimum Gasteiger partial charge on any atom is -0.506 e. The first kappa shape index (κ1) is 12.4. The fraction of sp³-hybridized carbons (Fsp3) is 0.167. The predicted octanol–water partition coefficient (Wildman–Crippen LogP) is 2.15. The van der Waals surface area contributed by atoms with Crippen LogP contribution in [0.4, 0.5) is 0 Å². The van der Waals surface area contributed by atoms with Crippen molar-refractivity contribution in [3.05, 3.63) is 29.3 Å². The third-order valence-electron chi connectivity index (χ3n) is 2.32. The van der Waals surface area contributed by atoms with Gasteiger partial charge in [-0.3, -0.25) is 0 Å². The normalized spacial score (nSPS) is 10.3. The van der Waals surface area contributed by atoms with Gasteiger partial charge in [0, 0.05) is 11.5 Å². The van der Waals surface area contributed by atoms with Gasteiger partial charge in [0.1, 0.15) is 11.3 Å². The second kappa shape index (κ2) is 5.10. The topological polar surface area (TPSA) is 68.7 Å². The number of phenolic OH excluding ortho intramolecular Hbond substituents is 1. The van der Waals surface area contributed by atoms with Gasteiger partial charge < -0.3 is 14.6 Å². The Hall–Kier alpha value is -2.01. The van der Waals surface area contributed by atoms with Crippen molar-refractivity contribution in [2.75, 3.05) is 13.7 Å². The van der Waals surface area contributed by atoms with Gasteiger partial charge in [-0.15, -0.1) is 0 Å². The molecule has 2 rings (SSSR count). The van der Waals surface area contributed by atoms with Gasteiger partial charge in [-0.1, -0.05) is 11.6 Å². The van der Waals surface area contributed by atoms with Crippen LogP contribution in [0, 0.1) is 0 Å². The average molecular weight is 268 g/mol. The molecule has 0 amide bonds. The van der Waals surface area contributed by atoms with Crippen molar-refractivity contribution >= 4 is 28.5 Å². The number of rotatable bonds is 3. The number of carbonyl (C=O) groups is 1. The standard InChI is InChI=1S/C12H10ClNO4/c1-17-11(16)6-18-10-5-2-7-8(13)3-4-9(15)12(7)14-10/h2-5,15H,6H2,1H3. The lowest BCUT2D eigenvalue weighted by Crippen LogP contribution is -2.13. The number of phenols is 1. The van der Waals surface area contributed by atoms with Crippen LogP contribution in [-0.2, 0) is 9.53 Å². The number of aromatic hydroxyl groups is 1. The number of ether oxygens (including phenoxy) is 2. The summed E-state index contributed by atoms with van der Waals surface area (Å²) < 4.78 is 9.56. The first-order valence-electron chi connectivity index (χ1n) is 5.09. The highest BCUT2D eigenvalue weighted by Crippen LogP contribution is 2.30. The van der Waals surface area contributed by atoms with Crippen LogP contribution in [0.2, 0.25) is 5.02 Å². The smallest absolute Gasteiger partial charge is 0.343 e. The van der Waals surface area contributed by atoms with Crippen molar-refractivity contribution in [2.45, 2.75) is 0 Å².